The van der Waals surface area contributed by atoms with Crippen LogP contribution in [0.25, 0.3) is 158 Å². The molecule has 97 heavy (non-hydrogen) atoms. The molecule has 16 aromatic carbocycles. The van der Waals surface area contributed by atoms with Crippen LogP contribution in [0.4, 0.5) is 11.4 Å². The molecule has 20 rings (SSSR count). The first kappa shape index (κ1) is 56.4. The second kappa shape index (κ2) is 23.4. The first-order valence-corrected chi connectivity index (χ1v) is 34.5. The van der Waals surface area contributed by atoms with Crippen molar-refractivity contribution in [2.75, 3.05) is 4.90 Å². The molecule has 18 aromatic rings. The summed E-state index contributed by atoms with van der Waals surface area (Å²) in [5.74, 6) is 0.333. The lowest BCUT2D eigenvalue weighted by molar-refractivity contribution is 0.820. The van der Waals surface area contributed by atoms with Crippen molar-refractivity contribution in [3.05, 3.63) is 369 Å². The molecule has 2 aromatic heterocycles. The van der Waals surface area contributed by atoms with E-state index in [0.717, 1.165) is 6.42 Å². The normalized spacial score (nSPS) is 13.4. The lowest BCUT2D eigenvalue weighted by atomic mass is 9.86. The maximum atomic E-state index is 2.49. The van der Waals surface area contributed by atoms with Crippen LogP contribution < -0.4 is 4.90 Å². The number of rotatable bonds is 8. The summed E-state index contributed by atoms with van der Waals surface area (Å²) in [5, 5.41) is 15.5. The summed E-state index contributed by atoms with van der Waals surface area (Å²) in [5.41, 5.74) is 24.0. The SMILES string of the molecule is C1=CCC2C(=C1)N(c1ccc(-c3c4ccccc4c(-c4ccccc4)c4ccccc34)cc1)c1ccc(-c3cccc4c3sc3ccccc34)cc12.c1ccc(-c2c3ccccc3c(-c3ccc(-c4ccc5c(c4)c4ccccc4n5-c4ccccc4)cc3)c3ccccc23)cc1. The van der Waals surface area contributed by atoms with Crippen molar-refractivity contribution in [2.24, 2.45) is 0 Å². The minimum absolute atomic E-state index is 0.333. The van der Waals surface area contributed by atoms with Crippen LogP contribution in [0.3, 0.4) is 0 Å². The summed E-state index contributed by atoms with van der Waals surface area (Å²) >= 11 is 1.90. The van der Waals surface area contributed by atoms with Gasteiger partial charge in [0.2, 0.25) is 0 Å². The van der Waals surface area contributed by atoms with Crippen molar-refractivity contribution in [1.29, 1.82) is 0 Å². The highest BCUT2D eigenvalue weighted by molar-refractivity contribution is 7.26. The minimum Gasteiger partial charge on any atom is -0.313 e. The van der Waals surface area contributed by atoms with E-state index in [2.05, 4.69) is 367 Å². The summed E-state index contributed by atoms with van der Waals surface area (Å²) < 4.78 is 5.08. The fourth-order valence-corrected chi connectivity index (χ4v) is 17.3. The molecular weight excluding hydrogens is 1190 g/mol. The van der Waals surface area contributed by atoms with E-state index in [1.54, 1.807) is 0 Å². The average Bonchev–Trinajstić information content (AvgIpc) is 1.11. The molecule has 1 unspecified atom stereocenters. The molecule has 1 aliphatic carbocycles. The molecule has 0 saturated carbocycles. The zero-order valence-electron chi connectivity index (χ0n) is 53.2. The van der Waals surface area contributed by atoms with Crippen LogP contribution in [0.2, 0.25) is 0 Å². The zero-order chi connectivity index (χ0) is 63.9. The Hall–Kier alpha value is -12.1. The van der Waals surface area contributed by atoms with Crippen LogP contribution in [-0.2, 0) is 0 Å². The van der Waals surface area contributed by atoms with Gasteiger partial charge in [0.05, 0.1) is 11.0 Å². The van der Waals surface area contributed by atoms with E-state index >= 15 is 0 Å². The number of thiophene rings is 1. The van der Waals surface area contributed by atoms with Crippen LogP contribution in [0.1, 0.15) is 17.9 Å². The van der Waals surface area contributed by atoms with Gasteiger partial charge in [0.1, 0.15) is 0 Å². The molecule has 0 saturated heterocycles. The maximum absolute atomic E-state index is 2.49. The third kappa shape index (κ3) is 9.37. The van der Waals surface area contributed by atoms with Crippen LogP contribution in [-0.4, -0.2) is 4.57 Å². The van der Waals surface area contributed by atoms with Crippen LogP contribution in [0, 0.1) is 0 Å². The standard InChI is InChI=1S/C50H33NS.C44H29N/c1-2-13-32(14-3-1)48-39-17-4-6-19-41(39)49(42-20-7-5-18-40(42)48)33-25-28-35(29-26-33)51-45-23-10-8-15-37(45)44-31-34(27-30-46(44)51)36-21-12-22-43-38-16-9-11-24-47(38)52-50(36)43;1-3-13-31(14-4-1)43-36-18-7-9-20-38(36)44(39-21-10-8-19-37(39)43)32-25-23-30(24-26-32)33-27-28-42-40(29-33)35-17-11-12-22-41(35)45(42)34-15-5-2-6-16-34/h1-14,16-31,37H,15H2;1-29H. The predicted octanol–water partition coefficient (Wildman–Crippen LogP) is 26.5. The molecule has 0 spiro atoms. The van der Waals surface area contributed by atoms with Crippen molar-refractivity contribution >= 4 is 108 Å². The third-order valence-electron chi connectivity index (χ3n) is 20.3. The summed E-state index contributed by atoms with van der Waals surface area (Å²) in [6.45, 7) is 0. The summed E-state index contributed by atoms with van der Waals surface area (Å²) in [7, 11) is 0. The monoisotopic (exact) mass is 1250 g/mol. The smallest absolute Gasteiger partial charge is 0.0541 e. The molecule has 0 amide bonds. The van der Waals surface area contributed by atoms with E-state index in [-0.39, 0.29) is 0 Å². The first-order chi connectivity index (χ1) is 48.2. The van der Waals surface area contributed by atoms with Crippen molar-refractivity contribution in [2.45, 2.75) is 12.3 Å². The van der Waals surface area contributed by atoms with Gasteiger partial charge >= 0.3 is 0 Å². The van der Waals surface area contributed by atoms with Crippen molar-refractivity contribution < 1.29 is 0 Å². The molecule has 2 nitrogen and oxygen atoms in total. The quantitative estimate of drug-likeness (QED) is 0.138. The topological polar surface area (TPSA) is 8.17 Å². The molecule has 2 aliphatic rings. The van der Waals surface area contributed by atoms with E-state index < -0.39 is 0 Å². The van der Waals surface area contributed by atoms with Gasteiger partial charge in [0.25, 0.3) is 0 Å². The fourth-order valence-electron chi connectivity index (χ4n) is 16.1. The Labute approximate surface area is 567 Å². The number of aromatic nitrogens is 1. The predicted molar refractivity (Wildman–Crippen MR) is 416 cm³/mol. The van der Waals surface area contributed by atoms with Crippen molar-refractivity contribution in [1.82, 2.24) is 4.57 Å². The van der Waals surface area contributed by atoms with Crippen LogP contribution >= 0.6 is 11.3 Å². The van der Waals surface area contributed by atoms with Gasteiger partial charge in [0.15, 0.2) is 0 Å². The van der Waals surface area contributed by atoms with Crippen molar-refractivity contribution in [3.63, 3.8) is 0 Å². The first-order valence-electron chi connectivity index (χ1n) is 33.7. The Morgan fingerprint density at radius 3 is 1.29 bits per heavy atom. The number of para-hydroxylation sites is 2. The van der Waals surface area contributed by atoms with E-state index in [0.29, 0.717) is 5.92 Å². The van der Waals surface area contributed by atoms with Crippen molar-refractivity contribution in [3.8, 4) is 72.4 Å². The zero-order valence-corrected chi connectivity index (χ0v) is 54.0. The van der Waals surface area contributed by atoms with Gasteiger partial charge in [-0.3, -0.25) is 0 Å². The average molecular weight is 1250 g/mol. The largest absolute Gasteiger partial charge is 0.313 e. The highest BCUT2D eigenvalue weighted by atomic mass is 32.1. The highest BCUT2D eigenvalue weighted by Gasteiger charge is 2.35. The molecule has 3 heteroatoms. The molecule has 0 radical (unpaired) electrons. The van der Waals surface area contributed by atoms with Gasteiger partial charge in [-0.1, -0.05) is 291 Å². The van der Waals surface area contributed by atoms with Gasteiger partial charge in [0, 0.05) is 59.6 Å². The highest BCUT2D eigenvalue weighted by Crippen LogP contribution is 2.54. The number of nitrogens with zero attached hydrogens (tertiary/aromatic N) is 2. The molecule has 0 bridgehead atoms. The van der Waals surface area contributed by atoms with Gasteiger partial charge in [-0.2, -0.15) is 0 Å². The van der Waals surface area contributed by atoms with Gasteiger partial charge in [-0.25, -0.2) is 0 Å². The van der Waals surface area contributed by atoms with Gasteiger partial charge in [-0.05, 0) is 189 Å². The second-order valence-corrected chi connectivity index (χ2v) is 26.7. The Bertz CT molecular complexity index is 6080. The summed E-state index contributed by atoms with van der Waals surface area (Å²) in [6, 6.07) is 124. The van der Waals surface area contributed by atoms with E-state index in [4.69, 9.17) is 0 Å². The number of benzene rings is 16. The fraction of sp³-hybridized carbons (Fsp3) is 0.0213. The van der Waals surface area contributed by atoms with Gasteiger partial charge in [-0.15, -0.1) is 11.3 Å². The lowest BCUT2D eigenvalue weighted by Gasteiger charge is -2.25. The summed E-state index contributed by atoms with van der Waals surface area (Å²) in [4.78, 5) is 2.49. The third-order valence-corrected chi connectivity index (χ3v) is 21.6. The molecule has 3 heterocycles. The van der Waals surface area contributed by atoms with E-state index in [1.165, 1.54) is 180 Å². The number of hydrogen-bond acceptors (Lipinski definition) is 2. The summed E-state index contributed by atoms with van der Waals surface area (Å²) in [6.07, 6.45) is 7.87. The molecule has 454 valence electrons. The molecule has 1 atom stereocenters. The molecule has 1 aliphatic heterocycles. The number of anilines is 2. The van der Waals surface area contributed by atoms with Crippen LogP contribution in [0.5, 0.6) is 0 Å². The Morgan fingerprint density at radius 2 is 0.722 bits per heavy atom. The maximum Gasteiger partial charge on any atom is 0.0541 e. The van der Waals surface area contributed by atoms with Gasteiger partial charge < -0.3 is 9.47 Å². The number of allylic oxidation sites excluding steroid dienone is 4. The lowest BCUT2D eigenvalue weighted by Crippen LogP contribution is -2.14. The Morgan fingerprint density at radius 1 is 0.289 bits per heavy atom. The number of hydrogen-bond donors (Lipinski definition) is 0. The number of fused-ring (bicyclic) bond motifs is 13. The molecule has 0 N–H and O–H groups in total. The van der Waals surface area contributed by atoms with Crippen LogP contribution in [0.15, 0.2) is 364 Å². The Balaban J connectivity index is 0.000000138. The Kier molecular flexibility index (Phi) is 13.6. The van der Waals surface area contributed by atoms with E-state index in [1.807, 2.05) is 11.3 Å². The molecule has 0 fully saturated rings. The second-order valence-electron chi connectivity index (χ2n) is 25.7. The van der Waals surface area contributed by atoms with E-state index in [9.17, 15) is 0 Å². The minimum atomic E-state index is 0.333. The molecular formula is C94H62N2S.